The Morgan fingerprint density at radius 3 is 2.77 bits per heavy atom. The van der Waals surface area contributed by atoms with Crippen LogP contribution >= 0.6 is 0 Å². The van der Waals surface area contributed by atoms with Crippen LogP contribution in [0.4, 0.5) is 0 Å². The molecule has 1 N–H and O–H groups in total. The minimum absolute atomic E-state index is 0.337. The highest BCUT2D eigenvalue weighted by molar-refractivity contribution is 5.97. The monoisotopic (exact) mass is 293 g/mol. The van der Waals surface area contributed by atoms with Crippen molar-refractivity contribution in [3.63, 3.8) is 0 Å². The minimum Gasteiger partial charge on any atom is -0.358 e. The van der Waals surface area contributed by atoms with Gasteiger partial charge in [-0.15, -0.1) is 0 Å². The second-order valence-electron chi connectivity index (χ2n) is 6.40. The van der Waals surface area contributed by atoms with Crippen molar-refractivity contribution in [1.82, 2.24) is 9.88 Å². The number of fused-ring (bicyclic) bond motifs is 1. The van der Waals surface area contributed by atoms with Crippen molar-refractivity contribution in [2.24, 2.45) is 4.99 Å². The van der Waals surface area contributed by atoms with Gasteiger partial charge in [0.25, 0.3) is 0 Å². The average Bonchev–Trinajstić information content (AvgIpc) is 3.18. The third-order valence-corrected chi connectivity index (χ3v) is 4.95. The molecule has 2 aromatic rings. The molecule has 0 saturated carbocycles. The van der Waals surface area contributed by atoms with Crippen molar-refractivity contribution < 1.29 is 0 Å². The Labute approximate surface area is 131 Å². The van der Waals surface area contributed by atoms with E-state index < -0.39 is 0 Å². The molecule has 1 saturated heterocycles. The smallest absolute Gasteiger partial charge is 0.0760 e. The zero-order valence-electron chi connectivity index (χ0n) is 13.2. The third kappa shape index (κ3) is 2.30. The number of aromatic amines is 1. The van der Waals surface area contributed by atoms with Crippen LogP contribution in [-0.4, -0.2) is 28.7 Å². The Balaban J connectivity index is 1.87. The first-order valence-corrected chi connectivity index (χ1v) is 8.37. The summed E-state index contributed by atoms with van der Waals surface area (Å²) in [5.74, 6) is 0. The lowest BCUT2D eigenvalue weighted by molar-refractivity contribution is 0.302. The summed E-state index contributed by atoms with van der Waals surface area (Å²) in [4.78, 5) is 11.0. The predicted octanol–water partition coefficient (Wildman–Crippen LogP) is 4.36. The largest absolute Gasteiger partial charge is 0.358 e. The second kappa shape index (κ2) is 5.73. The molecule has 1 aromatic heterocycles. The van der Waals surface area contributed by atoms with Crippen LogP contribution in [0.2, 0.25) is 0 Å². The lowest BCUT2D eigenvalue weighted by atomic mass is 9.94. The van der Waals surface area contributed by atoms with Crippen LogP contribution in [0.25, 0.3) is 10.9 Å². The van der Waals surface area contributed by atoms with Crippen molar-refractivity contribution >= 4 is 16.6 Å². The van der Waals surface area contributed by atoms with E-state index in [0.717, 1.165) is 12.8 Å². The standard InChI is InChI=1S/C19H23N3/c1-14-18(15-8-2-3-9-16(15)21-14)19(22-12-6-7-13-22)17-10-4-5-11-20-17/h2-3,5,8-9,11,19,21H,4,6-7,10,12-13H2,1H3. The van der Waals surface area contributed by atoms with Crippen LogP contribution in [0.5, 0.6) is 0 Å². The number of likely N-dealkylation sites (tertiary alicyclic amines) is 1. The maximum absolute atomic E-state index is 4.76. The SMILES string of the molecule is Cc1[nH]c2ccccc2c1C(C1=NC=CCC1)N1CCCC1. The summed E-state index contributed by atoms with van der Waals surface area (Å²) in [5, 5.41) is 1.36. The molecule has 1 aromatic carbocycles. The molecule has 3 nitrogen and oxygen atoms in total. The molecule has 4 rings (SSSR count). The number of aromatic nitrogens is 1. The maximum atomic E-state index is 4.76. The van der Waals surface area contributed by atoms with Crippen LogP contribution in [0.15, 0.2) is 41.5 Å². The van der Waals surface area contributed by atoms with Crippen molar-refractivity contribution in [3.8, 4) is 0 Å². The summed E-state index contributed by atoms with van der Waals surface area (Å²) in [6.07, 6.45) is 8.97. The van der Waals surface area contributed by atoms with Gasteiger partial charge in [0.1, 0.15) is 0 Å². The van der Waals surface area contributed by atoms with Gasteiger partial charge in [-0.25, -0.2) is 0 Å². The summed E-state index contributed by atoms with van der Waals surface area (Å²) < 4.78 is 0. The van der Waals surface area contributed by atoms with Crippen LogP contribution in [0.1, 0.15) is 43.0 Å². The molecule has 0 aliphatic carbocycles. The highest BCUT2D eigenvalue weighted by atomic mass is 15.2. The molecule has 3 heteroatoms. The Kier molecular flexibility index (Phi) is 3.59. The van der Waals surface area contributed by atoms with Gasteiger partial charge >= 0.3 is 0 Å². The van der Waals surface area contributed by atoms with E-state index in [4.69, 9.17) is 4.99 Å². The third-order valence-electron chi connectivity index (χ3n) is 4.95. The zero-order valence-corrected chi connectivity index (χ0v) is 13.2. The lowest BCUT2D eigenvalue weighted by Crippen LogP contribution is -2.32. The highest BCUT2D eigenvalue weighted by Crippen LogP contribution is 2.36. The topological polar surface area (TPSA) is 31.4 Å². The fourth-order valence-corrected chi connectivity index (χ4v) is 3.94. The fraction of sp³-hybridized carbons (Fsp3) is 0.421. The van der Waals surface area contributed by atoms with Crippen molar-refractivity contribution in [1.29, 1.82) is 0 Å². The fourth-order valence-electron chi connectivity index (χ4n) is 3.94. The number of hydrogen-bond acceptors (Lipinski definition) is 2. The molecular weight excluding hydrogens is 270 g/mol. The lowest BCUT2D eigenvalue weighted by Gasteiger charge is -2.30. The van der Waals surface area contributed by atoms with E-state index in [1.165, 1.54) is 53.8 Å². The van der Waals surface area contributed by atoms with Crippen LogP contribution in [0, 0.1) is 6.92 Å². The van der Waals surface area contributed by atoms with E-state index in [2.05, 4.69) is 47.1 Å². The highest BCUT2D eigenvalue weighted by Gasteiger charge is 2.31. The zero-order chi connectivity index (χ0) is 14.9. The minimum atomic E-state index is 0.337. The van der Waals surface area contributed by atoms with Crippen molar-refractivity contribution in [3.05, 3.63) is 47.8 Å². The van der Waals surface area contributed by atoms with E-state index >= 15 is 0 Å². The van der Waals surface area contributed by atoms with Crippen LogP contribution in [0.3, 0.4) is 0 Å². The van der Waals surface area contributed by atoms with Gasteiger partial charge in [0.2, 0.25) is 0 Å². The molecule has 22 heavy (non-hydrogen) atoms. The van der Waals surface area contributed by atoms with Gasteiger partial charge < -0.3 is 4.98 Å². The first-order chi connectivity index (χ1) is 10.8. The van der Waals surface area contributed by atoms with Crippen LogP contribution < -0.4 is 0 Å². The number of nitrogens with zero attached hydrogens (tertiary/aromatic N) is 2. The normalized spacial score (nSPS) is 20.5. The van der Waals surface area contributed by atoms with Gasteiger partial charge in [0, 0.05) is 34.1 Å². The molecule has 1 fully saturated rings. The maximum Gasteiger partial charge on any atom is 0.0760 e. The summed E-state index contributed by atoms with van der Waals surface area (Å²) in [5.41, 5.74) is 5.30. The molecule has 0 spiro atoms. The number of nitrogens with one attached hydrogen (secondary N) is 1. The summed E-state index contributed by atoms with van der Waals surface area (Å²) in [6, 6.07) is 9.01. The van der Waals surface area contributed by atoms with E-state index in [1.54, 1.807) is 0 Å². The van der Waals surface area contributed by atoms with Gasteiger partial charge in [0.05, 0.1) is 6.04 Å². The Morgan fingerprint density at radius 1 is 1.18 bits per heavy atom. The van der Waals surface area contributed by atoms with Gasteiger partial charge in [-0.05, 0) is 51.8 Å². The number of H-pyrrole nitrogens is 1. The number of aryl methyl sites for hydroxylation is 1. The van der Waals surface area contributed by atoms with Crippen molar-refractivity contribution in [2.75, 3.05) is 13.1 Å². The summed E-state index contributed by atoms with van der Waals surface area (Å²) >= 11 is 0. The molecule has 1 atom stereocenters. The van der Waals surface area contributed by atoms with Gasteiger partial charge in [-0.1, -0.05) is 24.3 Å². The van der Waals surface area contributed by atoms with Crippen molar-refractivity contribution in [2.45, 2.75) is 38.6 Å². The van der Waals surface area contributed by atoms with E-state index in [1.807, 2.05) is 6.20 Å². The number of rotatable bonds is 3. The van der Waals surface area contributed by atoms with Gasteiger partial charge in [0.15, 0.2) is 0 Å². The molecule has 0 radical (unpaired) electrons. The molecule has 0 amide bonds. The molecule has 3 heterocycles. The molecule has 1 unspecified atom stereocenters. The predicted molar refractivity (Wildman–Crippen MR) is 92.4 cm³/mol. The first kappa shape index (κ1) is 13.8. The summed E-state index contributed by atoms with van der Waals surface area (Å²) in [6.45, 7) is 4.58. The molecule has 114 valence electrons. The van der Waals surface area contributed by atoms with Crippen LogP contribution in [-0.2, 0) is 0 Å². The Morgan fingerprint density at radius 2 is 2.00 bits per heavy atom. The quantitative estimate of drug-likeness (QED) is 0.895. The average molecular weight is 293 g/mol. The Hall–Kier alpha value is -1.87. The number of benzene rings is 1. The number of allylic oxidation sites excluding steroid dienone is 1. The van der Waals surface area contributed by atoms with E-state index in [-0.39, 0.29) is 0 Å². The summed E-state index contributed by atoms with van der Waals surface area (Å²) in [7, 11) is 0. The Bertz CT molecular complexity index is 732. The van der Waals surface area contributed by atoms with Gasteiger partial charge in [-0.3, -0.25) is 9.89 Å². The van der Waals surface area contributed by atoms with E-state index in [9.17, 15) is 0 Å². The first-order valence-electron chi connectivity index (χ1n) is 8.37. The number of para-hydroxylation sites is 1. The molecule has 0 bridgehead atoms. The number of aliphatic imine (C=N–C) groups is 1. The molecule has 2 aliphatic rings. The number of hydrogen-bond donors (Lipinski definition) is 1. The van der Waals surface area contributed by atoms with Gasteiger partial charge in [-0.2, -0.15) is 0 Å². The molecule has 2 aliphatic heterocycles. The molecular formula is C19H23N3. The van der Waals surface area contributed by atoms with E-state index in [0.29, 0.717) is 6.04 Å². The second-order valence-corrected chi connectivity index (χ2v) is 6.40.